The second-order valence-corrected chi connectivity index (χ2v) is 4.77. The van der Waals surface area contributed by atoms with Crippen LogP contribution in [0.4, 0.5) is 0 Å². The van der Waals surface area contributed by atoms with Gasteiger partial charge in [0, 0.05) is 11.8 Å². The number of rotatable bonds is 2. The molecular formula is C12H19NO. The number of hydrogen-bond donors (Lipinski definition) is 0. The Kier molecular flexibility index (Phi) is 3.14. The van der Waals surface area contributed by atoms with Gasteiger partial charge in [-0.2, -0.15) is 0 Å². The fourth-order valence-corrected chi connectivity index (χ4v) is 1.28. The molecule has 0 aliphatic rings. The highest BCUT2D eigenvalue weighted by atomic mass is 16.5. The number of hydrogen-bond acceptors (Lipinski definition) is 2. The molecule has 0 spiro atoms. The lowest BCUT2D eigenvalue weighted by molar-refractivity contribution is 0.226. The van der Waals surface area contributed by atoms with Gasteiger partial charge in [-0.1, -0.05) is 26.8 Å². The summed E-state index contributed by atoms with van der Waals surface area (Å²) in [4.78, 5) is 4.26. The van der Waals surface area contributed by atoms with Gasteiger partial charge in [-0.3, -0.25) is 0 Å². The van der Waals surface area contributed by atoms with Crippen LogP contribution >= 0.6 is 0 Å². The molecule has 0 saturated heterocycles. The first kappa shape index (κ1) is 11.0. The number of pyridine rings is 1. The van der Waals surface area contributed by atoms with E-state index in [-0.39, 0.29) is 11.5 Å². The topological polar surface area (TPSA) is 22.1 Å². The van der Waals surface area contributed by atoms with Crippen molar-refractivity contribution in [1.82, 2.24) is 4.98 Å². The van der Waals surface area contributed by atoms with E-state index in [1.54, 1.807) is 6.20 Å². The zero-order valence-corrected chi connectivity index (χ0v) is 9.66. The maximum Gasteiger partial charge on any atom is 0.217 e. The quantitative estimate of drug-likeness (QED) is 0.719. The third-order valence-corrected chi connectivity index (χ3v) is 1.93. The maximum atomic E-state index is 5.66. The van der Waals surface area contributed by atoms with Crippen LogP contribution in [0.3, 0.4) is 0 Å². The Morgan fingerprint density at radius 2 is 1.93 bits per heavy atom. The molecule has 0 aliphatic heterocycles. The minimum absolute atomic E-state index is 0.0818. The van der Waals surface area contributed by atoms with Crippen molar-refractivity contribution in [1.29, 1.82) is 0 Å². The molecule has 0 aromatic carbocycles. The Hall–Kier alpha value is -1.05. The molecule has 2 nitrogen and oxygen atoms in total. The lowest BCUT2D eigenvalue weighted by Gasteiger charge is -2.22. The van der Waals surface area contributed by atoms with E-state index in [0.717, 1.165) is 11.4 Å². The summed E-state index contributed by atoms with van der Waals surface area (Å²) in [5.74, 6) is 0.759. The Labute approximate surface area is 86.3 Å². The summed E-state index contributed by atoms with van der Waals surface area (Å²) in [6, 6.07) is 4.03. The van der Waals surface area contributed by atoms with Crippen LogP contribution in [0.5, 0.6) is 5.88 Å². The van der Waals surface area contributed by atoms with Crippen molar-refractivity contribution in [2.75, 3.05) is 0 Å². The third-order valence-electron chi connectivity index (χ3n) is 1.93. The standard InChI is InChI=1S/C12H19NO/c1-9(2)14-11-10(12(3,4)5)7-6-8-13-11/h6-9H,1-5H3. The molecular weight excluding hydrogens is 174 g/mol. The number of aromatic nitrogens is 1. The van der Waals surface area contributed by atoms with Crippen LogP contribution < -0.4 is 4.74 Å². The van der Waals surface area contributed by atoms with Gasteiger partial charge < -0.3 is 4.74 Å². The van der Waals surface area contributed by atoms with E-state index in [9.17, 15) is 0 Å². The molecule has 0 aliphatic carbocycles. The Bertz CT molecular complexity index is 299. The van der Waals surface area contributed by atoms with E-state index < -0.39 is 0 Å². The van der Waals surface area contributed by atoms with E-state index in [0.29, 0.717) is 0 Å². The van der Waals surface area contributed by atoms with Crippen molar-refractivity contribution in [3.63, 3.8) is 0 Å². The van der Waals surface area contributed by atoms with Crippen molar-refractivity contribution in [2.45, 2.75) is 46.1 Å². The zero-order valence-electron chi connectivity index (χ0n) is 9.66. The van der Waals surface area contributed by atoms with Crippen molar-refractivity contribution in [3.05, 3.63) is 23.9 Å². The second kappa shape index (κ2) is 3.99. The normalized spacial score (nSPS) is 11.9. The molecule has 0 bridgehead atoms. The molecule has 0 radical (unpaired) electrons. The number of ether oxygens (including phenoxy) is 1. The summed E-state index contributed by atoms with van der Waals surface area (Å²) in [6.45, 7) is 10.5. The SMILES string of the molecule is CC(C)Oc1ncccc1C(C)(C)C. The average molecular weight is 193 g/mol. The van der Waals surface area contributed by atoms with E-state index in [4.69, 9.17) is 4.74 Å². The highest BCUT2D eigenvalue weighted by molar-refractivity contribution is 5.32. The first-order chi connectivity index (χ1) is 6.41. The maximum absolute atomic E-state index is 5.66. The van der Waals surface area contributed by atoms with Crippen LogP contribution in [0.25, 0.3) is 0 Å². The van der Waals surface area contributed by atoms with Crippen molar-refractivity contribution < 1.29 is 4.74 Å². The fourth-order valence-electron chi connectivity index (χ4n) is 1.28. The van der Waals surface area contributed by atoms with Gasteiger partial charge >= 0.3 is 0 Å². The van der Waals surface area contributed by atoms with Crippen LogP contribution in [0.1, 0.15) is 40.2 Å². The fraction of sp³-hybridized carbons (Fsp3) is 0.583. The minimum atomic E-state index is 0.0818. The van der Waals surface area contributed by atoms with Crippen LogP contribution in [0.15, 0.2) is 18.3 Å². The molecule has 0 amide bonds. The zero-order chi connectivity index (χ0) is 10.8. The summed E-state index contributed by atoms with van der Waals surface area (Å²) >= 11 is 0. The van der Waals surface area contributed by atoms with Gasteiger partial charge in [0.05, 0.1) is 6.10 Å². The van der Waals surface area contributed by atoms with Gasteiger partial charge in [0.2, 0.25) is 5.88 Å². The van der Waals surface area contributed by atoms with Gasteiger partial charge in [0.1, 0.15) is 0 Å². The molecule has 1 aromatic heterocycles. The molecule has 0 unspecified atom stereocenters. The van der Waals surface area contributed by atoms with Crippen LogP contribution in [0.2, 0.25) is 0 Å². The third kappa shape index (κ3) is 2.72. The van der Waals surface area contributed by atoms with E-state index in [2.05, 4.69) is 31.8 Å². The highest BCUT2D eigenvalue weighted by Gasteiger charge is 2.19. The average Bonchev–Trinajstić information content (AvgIpc) is 2.01. The first-order valence-electron chi connectivity index (χ1n) is 5.03. The molecule has 78 valence electrons. The summed E-state index contributed by atoms with van der Waals surface area (Å²) in [5, 5.41) is 0. The van der Waals surface area contributed by atoms with E-state index in [1.807, 2.05) is 19.9 Å². The summed E-state index contributed by atoms with van der Waals surface area (Å²) in [6.07, 6.45) is 1.94. The predicted octanol–water partition coefficient (Wildman–Crippen LogP) is 3.17. The second-order valence-electron chi connectivity index (χ2n) is 4.77. The Balaban J connectivity index is 3.04. The molecule has 1 rings (SSSR count). The minimum Gasteiger partial charge on any atom is -0.475 e. The van der Waals surface area contributed by atoms with Crippen LogP contribution in [-0.2, 0) is 5.41 Å². The van der Waals surface area contributed by atoms with E-state index in [1.165, 1.54) is 0 Å². The lowest BCUT2D eigenvalue weighted by Crippen LogP contribution is -2.16. The van der Waals surface area contributed by atoms with Crippen LogP contribution in [-0.4, -0.2) is 11.1 Å². The Morgan fingerprint density at radius 1 is 1.29 bits per heavy atom. The van der Waals surface area contributed by atoms with Crippen molar-refractivity contribution >= 4 is 0 Å². The molecule has 0 N–H and O–H groups in total. The molecule has 2 heteroatoms. The monoisotopic (exact) mass is 193 g/mol. The van der Waals surface area contributed by atoms with Crippen LogP contribution in [0, 0.1) is 0 Å². The van der Waals surface area contributed by atoms with Gasteiger partial charge in [-0.15, -0.1) is 0 Å². The van der Waals surface area contributed by atoms with Crippen molar-refractivity contribution in [2.24, 2.45) is 0 Å². The van der Waals surface area contributed by atoms with Gasteiger partial charge in [0.25, 0.3) is 0 Å². The highest BCUT2D eigenvalue weighted by Crippen LogP contribution is 2.29. The molecule has 1 heterocycles. The lowest BCUT2D eigenvalue weighted by atomic mass is 9.88. The molecule has 1 aromatic rings. The molecule has 0 fully saturated rings. The largest absolute Gasteiger partial charge is 0.475 e. The molecule has 0 saturated carbocycles. The van der Waals surface area contributed by atoms with Crippen molar-refractivity contribution in [3.8, 4) is 5.88 Å². The number of nitrogens with zero attached hydrogens (tertiary/aromatic N) is 1. The summed E-state index contributed by atoms with van der Waals surface area (Å²) in [7, 11) is 0. The summed E-state index contributed by atoms with van der Waals surface area (Å²) in [5.41, 5.74) is 1.24. The molecule has 14 heavy (non-hydrogen) atoms. The van der Waals surface area contributed by atoms with E-state index >= 15 is 0 Å². The van der Waals surface area contributed by atoms with Gasteiger partial charge in [-0.05, 0) is 25.3 Å². The van der Waals surface area contributed by atoms with Gasteiger partial charge in [0.15, 0.2) is 0 Å². The Morgan fingerprint density at radius 3 is 2.43 bits per heavy atom. The predicted molar refractivity (Wildman–Crippen MR) is 58.7 cm³/mol. The summed E-state index contributed by atoms with van der Waals surface area (Å²) < 4.78 is 5.66. The first-order valence-corrected chi connectivity index (χ1v) is 5.03. The smallest absolute Gasteiger partial charge is 0.217 e. The van der Waals surface area contributed by atoms with Gasteiger partial charge in [-0.25, -0.2) is 4.98 Å². The molecule has 0 atom stereocenters.